The van der Waals surface area contributed by atoms with Crippen LogP contribution in [0.15, 0.2) is 34.7 Å². The summed E-state index contributed by atoms with van der Waals surface area (Å²) in [6, 6.07) is 8.04. The summed E-state index contributed by atoms with van der Waals surface area (Å²) in [6.45, 7) is 5.54. The molecule has 1 fully saturated rings. The van der Waals surface area contributed by atoms with Crippen molar-refractivity contribution in [2.45, 2.75) is 58.5 Å². The first-order valence-corrected chi connectivity index (χ1v) is 12.3. The van der Waals surface area contributed by atoms with Gasteiger partial charge in [0.25, 0.3) is 17.7 Å². The van der Waals surface area contributed by atoms with E-state index in [1.807, 2.05) is 32.0 Å². The Morgan fingerprint density at radius 3 is 2.46 bits per heavy atom. The Morgan fingerprint density at radius 1 is 1.14 bits per heavy atom. The Balaban J connectivity index is 1.88. The quantitative estimate of drug-likeness (QED) is 0.455. The van der Waals surface area contributed by atoms with Gasteiger partial charge in [0.1, 0.15) is 16.4 Å². The van der Waals surface area contributed by atoms with E-state index >= 15 is 0 Å². The summed E-state index contributed by atoms with van der Waals surface area (Å²) in [6.07, 6.45) is 3.86. The molecule has 10 heteroatoms. The maximum Gasteiger partial charge on any atom is 0.273 e. The van der Waals surface area contributed by atoms with Crippen molar-refractivity contribution in [2.24, 2.45) is 5.73 Å². The number of anilines is 2. The van der Waals surface area contributed by atoms with Crippen molar-refractivity contribution in [3.63, 3.8) is 0 Å². The molecule has 1 aromatic carbocycles. The zero-order valence-corrected chi connectivity index (χ0v) is 20.8. The molecule has 5 N–H and O–H groups in total. The summed E-state index contributed by atoms with van der Waals surface area (Å²) < 4.78 is 9.88. The fourth-order valence-corrected chi connectivity index (χ4v) is 5.15. The van der Waals surface area contributed by atoms with Crippen LogP contribution in [0.5, 0.6) is 0 Å². The van der Waals surface area contributed by atoms with E-state index in [4.69, 9.17) is 15.9 Å². The van der Waals surface area contributed by atoms with Gasteiger partial charge in [-0.1, -0.05) is 25.0 Å². The van der Waals surface area contributed by atoms with Gasteiger partial charge in [0.05, 0.1) is 5.69 Å². The molecule has 2 aromatic heterocycles. The number of nitrogens with two attached hydrogens (primary N) is 2. The molecule has 3 aromatic rings. The number of benzene rings is 1. The Morgan fingerprint density at radius 2 is 1.86 bits per heavy atom. The largest absolute Gasteiger partial charge is 0.464 e. The molecule has 0 aliphatic heterocycles. The third-order valence-electron chi connectivity index (χ3n) is 6.24. The summed E-state index contributed by atoms with van der Waals surface area (Å²) >= 11 is 0.779. The second kappa shape index (κ2) is 9.91. The lowest BCUT2D eigenvalue weighted by atomic mass is 10.0. The number of rotatable bonds is 7. The normalized spacial score (nSPS) is 14.6. The Bertz CT molecular complexity index is 1270. The minimum Gasteiger partial charge on any atom is -0.464 e. The van der Waals surface area contributed by atoms with E-state index < -0.39 is 17.9 Å². The first-order valence-electron chi connectivity index (χ1n) is 11.5. The predicted molar refractivity (Wildman–Crippen MR) is 134 cm³/mol. The van der Waals surface area contributed by atoms with Crippen LogP contribution in [0, 0.1) is 20.8 Å². The first kappa shape index (κ1) is 24.5. The standard InChI is InChI=1S/C25H29N5O4S/c1-13-8-9-14(2)17(12-13)30(25(33)22-19(26)20(23(27)31)29-35-22)21(18-11-10-15(3)34-18)24(32)28-16-6-4-5-7-16/h8-12,16,21H,4-7,26H2,1-3H3,(H2,27,31)(H,28,32)/t21-/m0/s1. The second-order valence-corrected chi connectivity index (χ2v) is 9.72. The zero-order chi connectivity index (χ0) is 25.3. The van der Waals surface area contributed by atoms with Crippen LogP contribution >= 0.6 is 11.5 Å². The molecule has 184 valence electrons. The molecule has 0 spiro atoms. The molecule has 35 heavy (non-hydrogen) atoms. The highest BCUT2D eigenvalue weighted by Gasteiger charge is 2.39. The number of nitrogens with one attached hydrogen (secondary N) is 1. The number of aryl methyl sites for hydroxylation is 3. The summed E-state index contributed by atoms with van der Waals surface area (Å²) in [5.41, 5.74) is 13.4. The van der Waals surface area contributed by atoms with Gasteiger partial charge in [0, 0.05) is 11.7 Å². The van der Waals surface area contributed by atoms with Gasteiger partial charge in [-0.2, -0.15) is 4.37 Å². The Kier molecular flexibility index (Phi) is 6.93. The van der Waals surface area contributed by atoms with E-state index in [1.165, 1.54) is 4.90 Å². The number of amides is 3. The van der Waals surface area contributed by atoms with Gasteiger partial charge in [-0.25, -0.2) is 0 Å². The average Bonchev–Trinajstić information content (AvgIpc) is 3.55. The van der Waals surface area contributed by atoms with Gasteiger partial charge in [0.2, 0.25) is 0 Å². The fourth-order valence-electron chi connectivity index (χ4n) is 4.41. The number of nitrogen functional groups attached to an aromatic ring is 1. The van der Waals surface area contributed by atoms with Gasteiger partial charge in [-0.05, 0) is 74.5 Å². The fraction of sp³-hybridized carbons (Fsp3) is 0.360. The van der Waals surface area contributed by atoms with Crippen molar-refractivity contribution >= 4 is 40.6 Å². The van der Waals surface area contributed by atoms with Gasteiger partial charge < -0.3 is 21.2 Å². The van der Waals surface area contributed by atoms with Crippen molar-refractivity contribution in [3.05, 3.63) is 63.6 Å². The van der Waals surface area contributed by atoms with E-state index in [0.717, 1.165) is 48.3 Å². The monoisotopic (exact) mass is 495 g/mol. The van der Waals surface area contributed by atoms with Crippen LogP contribution in [0.3, 0.4) is 0 Å². The maximum absolute atomic E-state index is 14.1. The van der Waals surface area contributed by atoms with Crippen molar-refractivity contribution in [1.82, 2.24) is 9.69 Å². The van der Waals surface area contributed by atoms with Crippen LogP contribution in [-0.2, 0) is 4.79 Å². The van der Waals surface area contributed by atoms with Crippen molar-refractivity contribution in [3.8, 4) is 0 Å². The molecule has 1 aliphatic rings. The van der Waals surface area contributed by atoms with Gasteiger partial charge in [-0.15, -0.1) is 0 Å². The molecule has 0 unspecified atom stereocenters. The molecule has 0 bridgehead atoms. The summed E-state index contributed by atoms with van der Waals surface area (Å²) in [4.78, 5) is 41.0. The number of aromatic nitrogens is 1. The molecule has 0 saturated heterocycles. The number of furan rings is 1. The minimum absolute atomic E-state index is 0.0293. The van der Waals surface area contributed by atoms with Gasteiger partial charge in [-0.3, -0.25) is 19.3 Å². The van der Waals surface area contributed by atoms with Crippen LogP contribution < -0.4 is 21.7 Å². The maximum atomic E-state index is 14.1. The summed E-state index contributed by atoms with van der Waals surface area (Å²) in [7, 11) is 0. The number of primary amides is 1. The van der Waals surface area contributed by atoms with Crippen LogP contribution in [0.1, 0.15) is 74.5 Å². The third kappa shape index (κ3) is 4.93. The summed E-state index contributed by atoms with van der Waals surface area (Å²) in [5.74, 6) is -0.806. The predicted octanol–water partition coefficient (Wildman–Crippen LogP) is 3.79. The highest BCUT2D eigenvalue weighted by Crippen LogP contribution is 2.36. The van der Waals surface area contributed by atoms with E-state index in [1.54, 1.807) is 19.1 Å². The minimum atomic E-state index is -1.10. The van der Waals surface area contributed by atoms with Gasteiger partial charge in [0.15, 0.2) is 11.7 Å². The van der Waals surface area contributed by atoms with Crippen molar-refractivity contribution in [2.75, 3.05) is 10.6 Å². The average molecular weight is 496 g/mol. The molecular formula is C25H29N5O4S. The van der Waals surface area contributed by atoms with E-state index in [-0.39, 0.29) is 28.2 Å². The molecule has 1 atom stereocenters. The number of hydrogen-bond acceptors (Lipinski definition) is 7. The Hall–Kier alpha value is -3.66. The molecule has 3 amide bonds. The van der Waals surface area contributed by atoms with Crippen molar-refractivity contribution < 1.29 is 18.8 Å². The lowest BCUT2D eigenvalue weighted by Gasteiger charge is -2.32. The smallest absolute Gasteiger partial charge is 0.273 e. The second-order valence-electron chi connectivity index (χ2n) is 8.94. The van der Waals surface area contributed by atoms with E-state index in [0.29, 0.717) is 17.2 Å². The van der Waals surface area contributed by atoms with E-state index in [9.17, 15) is 14.4 Å². The number of carbonyl (C=O) groups excluding carboxylic acids is 3. The molecule has 4 rings (SSSR count). The topological polar surface area (TPSA) is 145 Å². The molecule has 9 nitrogen and oxygen atoms in total. The molecule has 2 heterocycles. The highest BCUT2D eigenvalue weighted by molar-refractivity contribution is 7.09. The molecular weight excluding hydrogens is 466 g/mol. The number of hydrogen-bond donors (Lipinski definition) is 3. The van der Waals surface area contributed by atoms with Crippen LogP contribution in [0.4, 0.5) is 11.4 Å². The molecule has 1 aliphatic carbocycles. The molecule has 1 saturated carbocycles. The van der Waals surface area contributed by atoms with Gasteiger partial charge >= 0.3 is 0 Å². The van der Waals surface area contributed by atoms with Crippen LogP contribution in [-0.4, -0.2) is 28.1 Å². The SMILES string of the molecule is Cc1ccc(C)c(N(C(=O)c2snc(C(N)=O)c2N)[C@H](C(=O)NC2CCCC2)c2ccc(C)o2)c1. The zero-order valence-electron chi connectivity index (χ0n) is 20.0. The van der Waals surface area contributed by atoms with Crippen LogP contribution in [0.25, 0.3) is 0 Å². The lowest BCUT2D eigenvalue weighted by Crippen LogP contribution is -2.46. The van der Waals surface area contributed by atoms with E-state index in [2.05, 4.69) is 9.69 Å². The van der Waals surface area contributed by atoms with Crippen LogP contribution in [0.2, 0.25) is 0 Å². The highest BCUT2D eigenvalue weighted by atomic mass is 32.1. The number of carbonyl (C=O) groups is 3. The number of nitrogens with zero attached hydrogens (tertiary/aromatic N) is 2. The Labute approximate surface area is 207 Å². The third-order valence-corrected chi connectivity index (χ3v) is 7.09. The molecule has 0 radical (unpaired) electrons. The van der Waals surface area contributed by atoms with Crippen molar-refractivity contribution in [1.29, 1.82) is 0 Å². The lowest BCUT2D eigenvalue weighted by molar-refractivity contribution is -0.123. The summed E-state index contributed by atoms with van der Waals surface area (Å²) in [5, 5.41) is 3.10. The first-order chi connectivity index (χ1) is 16.7.